The van der Waals surface area contributed by atoms with Crippen LogP contribution in [0.3, 0.4) is 0 Å². The Bertz CT molecular complexity index is 1070. The minimum atomic E-state index is -0.0649. The Labute approximate surface area is 160 Å². The predicted octanol–water partition coefficient (Wildman–Crippen LogP) is 3.19. The molecule has 1 heterocycles. The summed E-state index contributed by atoms with van der Waals surface area (Å²) >= 11 is 0. The van der Waals surface area contributed by atoms with Crippen molar-refractivity contribution in [1.82, 2.24) is 9.78 Å². The van der Waals surface area contributed by atoms with Gasteiger partial charge in [-0.2, -0.15) is 9.78 Å². The average molecular weight is 361 g/mol. The fourth-order valence-corrected chi connectivity index (χ4v) is 2.74. The normalized spacial score (nSPS) is 9.96. The van der Waals surface area contributed by atoms with Crippen LogP contribution in [-0.4, -0.2) is 9.78 Å². The van der Waals surface area contributed by atoms with Crippen LogP contribution in [0.5, 0.6) is 0 Å². The lowest BCUT2D eigenvalue weighted by Gasteiger charge is -2.05. The van der Waals surface area contributed by atoms with Gasteiger partial charge in [0.2, 0.25) is 0 Å². The van der Waals surface area contributed by atoms with Gasteiger partial charge in [-0.3, -0.25) is 4.79 Å². The van der Waals surface area contributed by atoms with E-state index in [1.54, 1.807) is 6.20 Å². The summed E-state index contributed by atoms with van der Waals surface area (Å²) in [5, 5.41) is 5.96. The molecule has 2 N–H and O–H groups in total. The van der Waals surface area contributed by atoms with Crippen LogP contribution in [-0.2, 0) is 0 Å². The molecule has 3 aromatic rings. The summed E-state index contributed by atoms with van der Waals surface area (Å²) in [6, 6.07) is 17.3. The van der Waals surface area contributed by atoms with E-state index in [0.717, 1.165) is 33.0 Å². The molecule has 0 amide bonds. The first-order chi connectivity index (χ1) is 12.8. The van der Waals surface area contributed by atoms with E-state index in [2.05, 4.69) is 5.10 Å². The molecule has 0 aliphatic heterocycles. The molecule has 0 fully saturated rings. The lowest BCUT2D eigenvalue weighted by atomic mass is 10.1. The van der Waals surface area contributed by atoms with Crippen molar-refractivity contribution in [3.8, 4) is 5.69 Å². The molecule has 0 atom stereocenters. The topological polar surface area (TPSA) is 60.9 Å². The van der Waals surface area contributed by atoms with Crippen molar-refractivity contribution in [2.75, 3.05) is 5.73 Å². The average Bonchev–Trinajstić information content (AvgIpc) is 2.62. The molecule has 0 radical (unpaired) electrons. The monoisotopic (exact) mass is 361 g/mol. The summed E-state index contributed by atoms with van der Waals surface area (Å²) in [4.78, 5) is 12.6. The molecule has 3 rings (SSSR count). The van der Waals surface area contributed by atoms with Gasteiger partial charge >= 0.3 is 0 Å². The SMILES string of the molecule is CC(C)=c1cnn(-c2ccccc2)c(=O)c1=C(C)C.Cc1cccc(N)c1. The van der Waals surface area contributed by atoms with E-state index in [1.807, 2.05) is 89.2 Å². The zero-order valence-electron chi connectivity index (χ0n) is 16.7. The first kappa shape index (κ1) is 20.2. The summed E-state index contributed by atoms with van der Waals surface area (Å²) in [5.74, 6) is 0. The number of benzene rings is 2. The Morgan fingerprint density at radius 1 is 0.926 bits per heavy atom. The molecule has 2 aromatic carbocycles. The zero-order valence-corrected chi connectivity index (χ0v) is 16.7. The minimum absolute atomic E-state index is 0.0649. The number of aromatic nitrogens is 2. The van der Waals surface area contributed by atoms with Gasteiger partial charge in [-0.05, 0) is 64.4 Å². The number of nitrogen functional groups attached to an aromatic ring is 1. The van der Waals surface area contributed by atoms with Crippen molar-refractivity contribution in [1.29, 1.82) is 0 Å². The minimum Gasteiger partial charge on any atom is -0.399 e. The Morgan fingerprint density at radius 2 is 1.59 bits per heavy atom. The zero-order chi connectivity index (χ0) is 20.0. The predicted molar refractivity (Wildman–Crippen MR) is 114 cm³/mol. The van der Waals surface area contributed by atoms with Gasteiger partial charge in [0.05, 0.1) is 11.9 Å². The maximum atomic E-state index is 12.6. The third kappa shape index (κ3) is 5.17. The van der Waals surface area contributed by atoms with E-state index in [0.29, 0.717) is 0 Å². The van der Waals surface area contributed by atoms with Crippen LogP contribution in [0.4, 0.5) is 5.69 Å². The number of rotatable bonds is 1. The number of aryl methyl sites for hydroxylation is 1. The summed E-state index contributed by atoms with van der Waals surface area (Å²) in [6.45, 7) is 9.93. The molecule has 0 saturated heterocycles. The number of anilines is 1. The highest BCUT2D eigenvalue weighted by atomic mass is 16.1. The molecule has 0 aliphatic carbocycles. The second-order valence-electron chi connectivity index (χ2n) is 6.90. The molecule has 0 bridgehead atoms. The largest absolute Gasteiger partial charge is 0.399 e. The number of nitrogens with zero attached hydrogens (tertiary/aromatic N) is 2. The summed E-state index contributed by atoms with van der Waals surface area (Å²) < 4.78 is 1.45. The van der Waals surface area contributed by atoms with Gasteiger partial charge in [-0.15, -0.1) is 0 Å². The van der Waals surface area contributed by atoms with Crippen molar-refractivity contribution in [3.63, 3.8) is 0 Å². The Balaban J connectivity index is 0.000000273. The molecule has 0 saturated carbocycles. The molecule has 0 aliphatic rings. The molecule has 27 heavy (non-hydrogen) atoms. The third-order valence-corrected chi connectivity index (χ3v) is 4.06. The first-order valence-corrected chi connectivity index (χ1v) is 8.92. The Morgan fingerprint density at radius 3 is 2.07 bits per heavy atom. The van der Waals surface area contributed by atoms with Crippen LogP contribution >= 0.6 is 0 Å². The van der Waals surface area contributed by atoms with Gasteiger partial charge in [0.15, 0.2) is 0 Å². The van der Waals surface area contributed by atoms with E-state index >= 15 is 0 Å². The maximum Gasteiger partial charge on any atom is 0.279 e. The van der Waals surface area contributed by atoms with Crippen LogP contribution < -0.4 is 21.7 Å². The summed E-state index contributed by atoms with van der Waals surface area (Å²) in [7, 11) is 0. The second kappa shape index (κ2) is 8.99. The van der Waals surface area contributed by atoms with Gasteiger partial charge in [0.1, 0.15) is 0 Å². The van der Waals surface area contributed by atoms with E-state index in [1.165, 1.54) is 10.2 Å². The van der Waals surface area contributed by atoms with E-state index in [4.69, 9.17) is 5.73 Å². The lowest BCUT2D eigenvalue weighted by molar-refractivity contribution is 0.789. The molecule has 0 unspecified atom stereocenters. The van der Waals surface area contributed by atoms with Crippen LogP contribution in [0.15, 0.2) is 65.6 Å². The number of para-hydroxylation sites is 1. The van der Waals surface area contributed by atoms with Gasteiger partial charge in [-0.25, -0.2) is 0 Å². The van der Waals surface area contributed by atoms with Crippen molar-refractivity contribution in [3.05, 3.63) is 87.1 Å². The van der Waals surface area contributed by atoms with Crippen LogP contribution in [0.25, 0.3) is 16.8 Å². The molecule has 1 aromatic heterocycles. The standard InChI is InChI=1S/C16H18N2O.C7H9N/c1-11(2)14-10-17-18(13-8-6-5-7-9-13)16(19)15(14)12(3)4;1-6-3-2-4-7(8)5-6/h5-10H,1-4H3;2-5H,8H2,1H3. The maximum absolute atomic E-state index is 12.6. The van der Waals surface area contributed by atoms with Crippen LogP contribution in [0.1, 0.15) is 33.3 Å². The number of hydrogen-bond donors (Lipinski definition) is 1. The van der Waals surface area contributed by atoms with Crippen molar-refractivity contribution >= 4 is 16.8 Å². The molecule has 0 spiro atoms. The van der Waals surface area contributed by atoms with Gasteiger partial charge in [0, 0.05) is 16.1 Å². The molecule has 4 nitrogen and oxygen atoms in total. The number of hydrogen-bond acceptors (Lipinski definition) is 3. The van der Waals surface area contributed by atoms with Crippen LogP contribution in [0, 0.1) is 6.92 Å². The van der Waals surface area contributed by atoms with E-state index < -0.39 is 0 Å². The highest BCUT2D eigenvalue weighted by Crippen LogP contribution is 2.03. The van der Waals surface area contributed by atoms with Crippen molar-refractivity contribution < 1.29 is 0 Å². The molecular weight excluding hydrogens is 334 g/mol. The Kier molecular flexibility index (Phi) is 6.72. The molecule has 140 valence electrons. The summed E-state index contributed by atoms with van der Waals surface area (Å²) in [6.07, 6.45) is 1.77. The third-order valence-electron chi connectivity index (χ3n) is 4.06. The fraction of sp³-hybridized carbons (Fsp3) is 0.217. The quantitative estimate of drug-likeness (QED) is 0.677. The van der Waals surface area contributed by atoms with E-state index in [9.17, 15) is 4.79 Å². The van der Waals surface area contributed by atoms with Gasteiger partial charge in [-0.1, -0.05) is 41.5 Å². The summed E-state index contributed by atoms with van der Waals surface area (Å²) in [5.41, 5.74) is 10.3. The van der Waals surface area contributed by atoms with Gasteiger partial charge in [0.25, 0.3) is 5.56 Å². The van der Waals surface area contributed by atoms with E-state index in [-0.39, 0.29) is 5.56 Å². The van der Waals surface area contributed by atoms with Gasteiger partial charge < -0.3 is 5.73 Å². The van der Waals surface area contributed by atoms with Crippen LogP contribution in [0.2, 0.25) is 0 Å². The van der Waals surface area contributed by atoms with Crippen molar-refractivity contribution in [2.45, 2.75) is 34.6 Å². The fourth-order valence-electron chi connectivity index (χ4n) is 2.74. The first-order valence-electron chi connectivity index (χ1n) is 8.92. The molecular formula is C23H27N3O. The highest BCUT2D eigenvalue weighted by Gasteiger charge is 2.04. The second-order valence-corrected chi connectivity index (χ2v) is 6.90. The highest BCUT2D eigenvalue weighted by molar-refractivity contribution is 5.45. The van der Waals surface area contributed by atoms with Crippen molar-refractivity contribution in [2.24, 2.45) is 0 Å². The number of nitrogens with two attached hydrogens (primary N) is 1. The molecule has 4 heteroatoms. The smallest absolute Gasteiger partial charge is 0.279 e. The lowest BCUT2D eigenvalue weighted by Crippen LogP contribution is -2.47. The Hall–Kier alpha value is -3.14.